The van der Waals surface area contributed by atoms with Gasteiger partial charge in [0.1, 0.15) is 5.69 Å². The van der Waals surface area contributed by atoms with E-state index in [1.165, 1.54) is 32.1 Å². The van der Waals surface area contributed by atoms with E-state index in [4.69, 9.17) is 5.73 Å². The molecule has 1 heterocycles. The maximum Gasteiger partial charge on any atom is 0.270 e. The lowest BCUT2D eigenvalue weighted by atomic mass is 9.67. The molecule has 2 atom stereocenters. The first-order valence-corrected chi connectivity index (χ1v) is 9.10. The van der Waals surface area contributed by atoms with Crippen LogP contribution in [0.3, 0.4) is 0 Å². The van der Waals surface area contributed by atoms with Gasteiger partial charge in [-0.1, -0.05) is 6.42 Å². The maximum absolute atomic E-state index is 12.5. The van der Waals surface area contributed by atoms with Crippen LogP contribution in [0.2, 0.25) is 0 Å². The van der Waals surface area contributed by atoms with Gasteiger partial charge in [-0.25, -0.2) is 4.98 Å². The number of rotatable bonds is 3. The predicted octanol–water partition coefficient (Wildman–Crippen LogP) is 3.50. The van der Waals surface area contributed by atoms with Gasteiger partial charge in [0.2, 0.25) is 0 Å². The fourth-order valence-electron chi connectivity index (χ4n) is 4.16. The Balaban J connectivity index is 0.000000960. The van der Waals surface area contributed by atoms with Crippen LogP contribution in [0.15, 0.2) is 5.38 Å². The van der Waals surface area contributed by atoms with Crippen LogP contribution in [0.25, 0.3) is 0 Å². The molecule has 23 heavy (non-hydrogen) atoms. The maximum atomic E-state index is 12.5. The highest BCUT2D eigenvalue weighted by atomic mass is 35.5. The van der Waals surface area contributed by atoms with Gasteiger partial charge in [0.15, 0.2) is 0 Å². The Bertz CT molecular complexity index is 535. The topological polar surface area (TPSA) is 68.0 Å². The average molecular weight is 378 g/mol. The highest BCUT2D eigenvalue weighted by Crippen LogP contribution is 2.42. The molecule has 0 aliphatic heterocycles. The van der Waals surface area contributed by atoms with Crippen molar-refractivity contribution < 1.29 is 4.79 Å². The molecule has 1 aromatic rings. The van der Waals surface area contributed by atoms with Crippen LogP contribution >= 0.6 is 36.2 Å². The standard InChI is InChI=1S/C16H23N3OS.2ClH/c17-12-6-10-2-1-3-11(7-12)14(10)19-15(20)13-8-21-16(18-13)9-4-5-9;;/h8-12,14H,1-7,17H2,(H,19,20);2*1H. The largest absolute Gasteiger partial charge is 0.347 e. The smallest absolute Gasteiger partial charge is 0.270 e. The monoisotopic (exact) mass is 377 g/mol. The van der Waals surface area contributed by atoms with Crippen LogP contribution in [0.1, 0.15) is 66.4 Å². The van der Waals surface area contributed by atoms with Gasteiger partial charge in [-0.2, -0.15) is 0 Å². The zero-order chi connectivity index (χ0) is 14.4. The fourth-order valence-corrected chi connectivity index (χ4v) is 5.13. The summed E-state index contributed by atoms with van der Waals surface area (Å²) in [6.07, 6.45) is 8.30. The van der Waals surface area contributed by atoms with Gasteiger partial charge in [0, 0.05) is 23.4 Å². The van der Waals surface area contributed by atoms with Crippen molar-refractivity contribution in [3.63, 3.8) is 0 Å². The van der Waals surface area contributed by atoms with Crippen molar-refractivity contribution in [2.75, 3.05) is 0 Å². The van der Waals surface area contributed by atoms with Gasteiger partial charge in [0.05, 0.1) is 5.01 Å². The lowest BCUT2D eigenvalue weighted by Gasteiger charge is -2.45. The number of halogens is 2. The molecule has 7 heteroatoms. The third kappa shape index (κ3) is 4.01. The van der Waals surface area contributed by atoms with Crippen LogP contribution in [0, 0.1) is 11.8 Å². The number of aromatic nitrogens is 1. The van der Waals surface area contributed by atoms with Gasteiger partial charge in [-0.3, -0.25) is 4.79 Å². The Morgan fingerprint density at radius 1 is 1.17 bits per heavy atom. The molecule has 1 aromatic heterocycles. The van der Waals surface area contributed by atoms with E-state index in [2.05, 4.69) is 10.3 Å². The van der Waals surface area contributed by atoms with Gasteiger partial charge in [-0.05, 0) is 50.4 Å². The van der Waals surface area contributed by atoms with E-state index in [-0.39, 0.29) is 30.7 Å². The average Bonchev–Trinajstić information content (AvgIpc) is 3.17. The highest BCUT2D eigenvalue weighted by molar-refractivity contribution is 7.10. The third-order valence-electron chi connectivity index (χ3n) is 5.36. The summed E-state index contributed by atoms with van der Waals surface area (Å²) in [5, 5.41) is 6.35. The molecule has 1 amide bonds. The Kier molecular flexibility index (Phi) is 6.34. The molecule has 2 unspecified atom stereocenters. The summed E-state index contributed by atoms with van der Waals surface area (Å²) in [5.74, 6) is 1.79. The summed E-state index contributed by atoms with van der Waals surface area (Å²) in [7, 11) is 0. The molecule has 3 aliphatic carbocycles. The van der Waals surface area contributed by atoms with E-state index in [1.807, 2.05) is 5.38 Å². The molecule has 4 nitrogen and oxygen atoms in total. The predicted molar refractivity (Wildman–Crippen MR) is 97.9 cm³/mol. The number of nitrogens with zero attached hydrogens (tertiary/aromatic N) is 1. The molecule has 0 spiro atoms. The number of nitrogens with two attached hydrogens (primary N) is 1. The molecule has 130 valence electrons. The summed E-state index contributed by atoms with van der Waals surface area (Å²) in [5.41, 5.74) is 6.77. The van der Waals surface area contributed by atoms with Crippen LogP contribution in [0.5, 0.6) is 0 Å². The Hall–Kier alpha value is -0.360. The second-order valence-electron chi connectivity index (χ2n) is 7.03. The van der Waals surface area contributed by atoms with Crippen molar-refractivity contribution >= 4 is 42.1 Å². The molecule has 3 aliphatic rings. The molecule has 2 bridgehead atoms. The van der Waals surface area contributed by atoms with E-state index in [0.29, 0.717) is 35.5 Å². The van der Waals surface area contributed by atoms with Gasteiger partial charge < -0.3 is 11.1 Å². The van der Waals surface area contributed by atoms with Gasteiger partial charge in [0.25, 0.3) is 5.91 Å². The number of hydrogen-bond acceptors (Lipinski definition) is 4. The first-order chi connectivity index (χ1) is 10.2. The van der Waals surface area contributed by atoms with E-state index < -0.39 is 0 Å². The second kappa shape index (κ2) is 7.68. The number of carbonyl (C=O) groups excluding carboxylic acids is 1. The SMILES string of the molecule is Cl.Cl.NC1CC2CCCC(C1)C2NC(=O)c1csc(C2CC2)n1. The summed E-state index contributed by atoms with van der Waals surface area (Å²) >= 11 is 1.64. The molecule has 3 saturated carbocycles. The van der Waals surface area contributed by atoms with Crippen molar-refractivity contribution in [1.29, 1.82) is 0 Å². The molecule has 4 rings (SSSR count). The Morgan fingerprint density at radius 2 is 1.83 bits per heavy atom. The Morgan fingerprint density at radius 3 is 2.43 bits per heavy atom. The molecule has 3 fully saturated rings. The lowest BCUT2D eigenvalue weighted by Crippen LogP contribution is -2.53. The van der Waals surface area contributed by atoms with Crippen LogP contribution in [-0.4, -0.2) is 23.0 Å². The first-order valence-electron chi connectivity index (χ1n) is 8.22. The van der Waals surface area contributed by atoms with Crippen molar-refractivity contribution in [3.8, 4) is 0 Å². The number of amides is 1. The normalized spacial score (nSPS) is 32.4. The number of hydrogen-bond donors (Lipinski definition) is 2. The summed E-state index contributed by atoms with van der Waals surface area (Å²) in [6, 6.07) is 0.645. The molecule has 3 N–H and O–H groups in total. The molecular formula is C16H25Cl2N3OS. The van der Waals surface area contributed by atoms with Crippen LogP contribution in [0.4, 0.5) is 0 Å². The quantitative estimate of drug-likeness (QED) is 0.846. The van der Waals surface area contributed by atoms with Crippen molar-refractivity contribution in [2.45, 2.75) is 62.9 Å². The van der Waals surface area contributed by atoms with Crippen LogP contribution in [-0.2, 0) is 0 Å². The summed E-state index contributed by atoms with van der Waals surface area (Å²) in [6.45, 7) is 0. The zero-order valence-corrected chi connectivity index (χ0v) is 15.5. The Labute approximate surface area is 153 Å². The van der Waals surface area contributed by atoms with Gasteiger partial charge in [-0.15, -0.1) is 36.2 Å². The number of thiazole rings is 1. The number of fused-ring (bicyclic) bond motifs is 2. The minimum atomic E-state index is 0. The van der Waals surface area contributed by atoms with E-state index in [9.17, 15) is 4.79 Å². The molecule has 0 saturated heterocycles. The fraction of sp³-hybridized carbons (Fsp3) is 0.750. The second-order valence-corrected chi connectivity index (χ2v) is 7.92. The molecular weight excluding hydrogens is 353 g/mol. The molecule has 0 radical (unpaired) electrons. The van der Waals surface area contributed by atoms with E-state index in [0.717, 1.165) is 17.8 Å². The minimum Gasteiger partial charge on any atom is -0.347 e. The van der Waals surface area contributed by atoms with E-state index >= 15 is 0 Å². The van der Waals surface area contributed by atoms with Gasteiger partial charge >= 0.3 is 0 Å². The van der Waals surface area contributed by atoms with Crippen molar-refractivity contribution in [2.24, 2.45) is 17.6 Å². The highest BCUT2D eigenvalue weighted by Gasteiger charge is 2.40. The third-order valence-corrected chi connectivity index (χ3v) is 6.36. The van der Waals surface area contributed by atoms with E-state index in [1.54, 1.807) is 11.3 Å². The minimum absolute atomic E-state index is 0. The number of nitrogens with one attached hydrogen (secondary N) is 1. The number of carbonyl (C=O) groups is 1. The summed E-state index contributed by atoms with van der Waals surface area (Å²) in [4.78, 5) is 17.0. The lowest BCUT2D eigenvalue weighted by molar-refractivity contribution is 0.0752. The molecule has 0 aromatic carbocycles. The first kappa shape index (κ1) is 19.0. The summed E-state index contributed by atoms with van der Waals surface area (Å²) < 4.78 is 0. The van der Waals surface area contributed by atoms with Crippen LogP contribution < -0.4 is 11.1 Å². The van der Waals surface area contributed by atoms with Crippen molar-refractivity contribution in [3.05, 3.63) is 16.1 Å². The zero-order valence-electron chi connectivity index (χ0n) is 13.1. The van der Waals surface area contributed by atoms with Crippen molar-refractivity contribution in [1.82, 2.24) is 10.3 Å².